The van der Waals surface area contributed by atoms with Gasteiger partial charge in [0.15, 0.2) is 0 Å². The van der Waals surface area contributed by atoms with Crippen LogP contribution in [0.4, 0.5) is 4.39 Å². The van der Waals surface area contributed by atoms with Crippen LogP contribution in [-0.2, 0) is 16.0 Å². The summed E-state index contributed by atoms with van der Waals surface area (Å²) in [6, 6.07) is 11.1. The van der Waals surface area contributed by atoms with Crippen LogP contribution in [0.3, 0.4) is 0 Å². The number of rotatable bonds is 5. The summed E-state index contributed by atoms with van der Waals surface area (Å²) in [6.45, 7) is 2.73. The van der Waals surface area contributed by atoms with E-state index in [0.29, 0.717) is 18.7 Å². The van der Waals surface area contributed by atoms with E-state index in [-0.39, 0.29) is 24.2 Å². The Balaban J connectivity index is 1.66. The molecule has 0 unspecified atom stereocenters. The topological polar surface area (TPSA) is 65.6 Å². The van der Waals surface area contributed by atoms with Gasteiger partial charge in [-0.05, 0) is 47.9 Å². The Bertz CT molecular complexity index is 1190. The summed E-state index contributed by atoms with van der Waals surface area (Å²) in [4.78, 5) is 33.6. The van der Waals surface area contributed by atoms with E-state index in [4.69, 9.17) is 4.74 Å². The molecule has 0 bridgehead atoms. The summed E-state index contributed by atoms with van der Waals surface area (Å²) < 4.78 is 19.4. The minimum Gasteiger partial charge on any atom is -0.497 e. The van der Waals surface area contributed by atoms with Gasteiger partial charge in [0.1, 0.15) is 17.6 Å². The minimum absolute atomic E-state index is 0.0343. The fourth-order valence-electron chi connectivity index (χ4n) is 5.01. The number of hydrogen-bond donors (Lipinski definition) is 1. The zero-order chi connectivity index (χ0) is 22.4. The Morgan fingerprint density at radius 1 is 1.16 bits per heavy atom. The molecule has 1 saturated heterocycles. The van der Waals surface area contributed by atoms with Gasteiger partial charge in [0.25, 0.3) is 0 Å². The van der Waals surface area contributed by atoms with E-state index in [9.17, 15) is 14.0 Å². The number of halogens is 1. The van der Waals surface area contributed by atoms with E-state index in [0.717, 1.165) is 40.6 Å². The van der Waals surface area contributed by atoms with Crippen molar-refractivity contribution in [2.75, 3.05) is 20.2 Å². The van der Waals surface area contributed by atoms with Gasteiger partial charge < -0.3 is 19.5 Å². The highest BCUT2D eigenvalue weighted by Crippen LogP contribution is 2.43. The number of aromatic nitrogens is 1. The van der Waals surface area contributed by atoms with Gasteiger partial charge in [-0.15, -0.1) is 0 Å². The number of amides is 2. The number of nitrogens with zero attached hydrogens (tertiary/aromatic N) is 2. The lowest BCUT2D eigenvalue weighted by atomic mass is 9.86. The Labute approximate surface area is 186 Å². The van der Waals surface area contributed by atoms with Crippen LogP contribution in [0.25, 0.3) is 10.9 Å². The molecule has 1 fully saturated rings. The summed E-state index contributed by atoms with van der Waals surface area (Å²) in [5.41, 5.74) is 3.43. The van der Waals surface area contributed by atoms with Crippen LogP contribution in [0.2, 0.25) is 0 Å². The maximum absolute atomic E-state index is 14.1. The molecule has 3 aromatic rings. The highest BCUT2D eigenvalue weighted by atomic mass is 19.1. The van der Waals surface area contributed by atoms with Crippen molar-refractivity contribution in [1.82, 2.24) is 14.8 Å². The third kappa shape index (κ3) is 3.23. The molecule has 1 N–H and O–H groups in total. The molecule has 6 nitrogen and oxygen atoms in total. The minimum atomic E-state index is -0.602. The second-order valence-electron chi connectivity index (χ2n) is 8.52. The van der Waals surface area contributed by atoms with Gasteiger partial charge in [0.05, 0.1) is 19.7 Å². The average molecular weight is 435 g/mol. The fourth-order valence-corrected chi connectivity index (χ4v) is 5.01. The molecule has 0 radical (unpaired) electrons. The van der Waals surface area contributed by atoms with Crippen LogP contribution in [0.15, 0.2) is 42.5 Å². The van der Waals surface area contributed by atoms with Gasteiger partial charge in [-0.1, -0.05) is 25.5 Å². The lowest BCUT2D eigenvalue weighted by molar-refractivity contribution is -0.158. The number of unbranched alkanes of at least 4 members (excludes halogenated alkanes) is 1. The Kier molecular flexibility index (Phi) is 5.12. The highest BCUT2D eigenvalue weighted by molar-refractivity contribution is 5.97. The Morgan fingerprint density at radius 3 is 2.66 bits per heavy atom. The predicted octanol–water partition coefficient (Wildman–Crippen LogP) is 3.80. The quantitative estimate of drug-likeness (QED) is 0.663. The van der Waals surface area contributed by atoms with Crippen LogP contribution in [0, 0.1) is 5.82 Å². The van der Waals surface area contributed by atoms with Gasteiger partial charge in [-0.2, -0.15) is 0 Å². The molecule has 32 heavy (non-hydrogen) atoms. The number of hydrogen-bond acceptors (Lipinski definition) is 3. The molecule has 1 aromatic heterocycles. The molecule has 2 aromatic carbocycles. The van der Waals surface area contributed by atoms with Crippen molar-refractivity contribution in [1.29, 1.82) is 0 Å². The first-order valence-electron chi connectivity index (χ1n) is 11.1. The van der Waals surface area contributed by atoms with Gasteiger partial charge >= 0.3 is 0 Å². The molecular formula is C25H26FN3O3. The summed E-state index contributed by atoms with van der Waals surface area (Å²) in [5.74, 6) is 0.292. The molecule has 7 heteroatoms. The van der Waals surface area contributed by atoms with Crippen LogP contribution in [-0.4, -0.2) is 52.8 Å². The SMILES string of the molecule is CCCCN1CC(=O)N2[C@@H](c3ccc(OC)cc3)c3[nH]c4ccc(F)cc4c3C[C@@H]2C1=O. The average Bonchev–Trinajstić information content (AvgIpc) is 3.16. The number of H-pyrrole nitrogens is 1. The van der Waals surface area contributed by atoms with E-state index in [2.05, 4.69) is 11.9 Å². The lowest BCUT2D eigenvalue weighted by Gasteiger charge is -2.47. The van der Waals surface area contributed by atoms with Gasteiger partial charge in [-0.3, -0.25) is 9.59 Å². The molecule has 2 aliphatic rings. The number of fused-ring (bicyclic) bond motifs is 4. The van der Waals surface area contributed by atoms with E-state index in [1.165, 1.54) is 12.1 Å². The molecule has 2 aliphatic heterocycles. The number of carbonyl (C=O) groups excluding carboxylic acids is 2. The highest BCUT2D eigenvalue weighted by Gasteiger charge is 2.48. The standard InChI is InChI=1S/C25H26FN3O3/c1-3-4-11-28-14-22(30)29-21(25(28)31)13-19-18-12-16(26)7-10-20(18)27-23(19)24(29)15-5-8-17(32-2)9-6-15/h5-10,12,21,24,27H,3-4,11,13-14H2,1-2H3/t21-,24+/m1/s1. The summed E-state index contributed by atoms with van der Waals surface area (Å²) in [7, 11) is 1.60. The number of carbonyl (C=O) groups is 2. The number of ether oxygens (including phenoxy) is 1. The van der Waals surface area contributed by atoms with Crippen LogP contribution in [0.1, 0.15) is 42.6 Å². The van der Waals surface area contributed by atoms with Crippen molar-refractivity contribution in [2.45, 2.75) is 38.3 Å². The van der Waals surface area contributed by atoms with Crippen molar-refractivity contribution < 1.29 is 18.7 Å². The normalized spacial score (nSPS) is 20.5. The third-order valence-corrected chi connectivity index (χ3v) is 6.61. The van der Waals surface area contributed by atoms with Crippen molar-refractivity contribution >= 4 is 22.7 Å². The number of aromatic amines is 1. The van der Waals surface area contributed by atoms with E-state index < -0.39 is 12.1 Å². The fraction of sp³-hybridized carbons (Fsp3) is 0.360. The smallest absolute Gasteiger partial charge is 0.246 e. The number of piperazine rings is 1. The molecule has 5 rings (SSSR count). The molecule has 0 saturated carbocycles. The number of benzene rings is 2. The van der Waals surface area contributed by atoms with Crippen LogP contribution < -0.4 is 4.74 Å². The molecular weight excluding hydrogens is 409 g/mol. The van der Waals surface area contributed by atoms with Crippen LogP contribution in [0.5, 0.6) is 5.75 Å². The maximum atomic E-state index is 14.1. The number of methoxy groups -OCH3 is 1. The monoisotopic (exact) mass is 435 g/mol. The molecule has 2 amide bonds. The molecule has 0 spiro atoms. The van der Waals surface area contributed by atoms with Gasteiger partial charge in [0.2, 0.25) is 11.8 Å². The Morgan fingerprint density at radius 2 is 1.94 bits per heavy atom. The van der Waals surface area contributed by atoms with Crippen molar-refractivity contribution in [3.8, 4) is 5.75 Å². The first-order chi connectivity index (χ1) is 15.5. The molecule has 3 heterocycles. The maximum Gasteiger partial charge on any atom is 0.246 e. The van der Waals surface area contributed by atoms with Gasteiger partial charge in [-0.25, -0.2) is 4.39 Å². The molecule has 166 valence electrons. The third-order valence-electron chi connectivity index (χ3n) is 6.61. The van der Waals surface area contributed by atoms with E-state index >= 15 is 0 Å². The first kappa shape index (κ1) is 20.5. The van der Waals surface area contributed by atoms with Gasteiger partial charge in [0, 0.05) is 29.6 Å². The summed E-state index contributed by atoms with van der Waals surface area (Å²) >= 11 is 0. The molecule has 0 aliphatic carbocycles. The van der Waals surface area contributed by atoms with Crippen molar-refractivity contribution in [2.24, 2.45) is 0 Å². The van der Waals surface area contributed by atoms with E-state index in [1.807, 2.05) is 24.3 Å². The summed E-state index contributed by atoms with van der Waals surface area (Å²) in [5, 5.41) is 0.768. The second-order valence-corrected chi connectivity index (χ2v) is 8.52. The molecule has 2 atom stereocenters. The first-order valence-corrected chi connectivity index (χ1v) is 11.1. The summed E-state index contributed by atoms with van der Waals surface area (Å²) in [6.07, 6.45) is 2.18. The van der Waals surface area contributed by atoms with E-state index in [1.54, 1.807) is 23.0 Å². The van der Waals surface area contributed by atoms with Crippen molar-refractivity contribution in [3.05, 3.63) is 65.1 Å². The zero-order valence-corrected chi connectivity index (χ0v) is 18.2. The zero-order valence-electron chi connectivity index (χ0n) is 18.2. The second kappa shape index (κ2) is 7.97. The number of nitrogens with one attached hydrogen (secondary N) is 1. The van der Waals surface area contributed by atoms with Crippen molar-refractivity contribution in [3.63, 3.8) is 0 Å². The largest absolute Gasteiger partial charge is 0.497 e. The van der Waals surface area contributed by atoms with Crippen LogP contribution >= 0.6 is 0 Å². The Hall–Kier alpha value is -3.35. The predicted molar refractivity (Wildman–Crippen MR) is 119 cm³/mol. The lowest BCUT2D eigenvalue weighted by Crippen LogP contribution is -2.63.